The van der Waals surface area contributed by atoms with Crippen LogP contribution in [-0.2, 0) is 5.41 Å². The van der Waals surface area contributed by atoms with Crippen molar-refractivity contribution in [1.82, 2.24) is 0 Å². The average molecular weight is 145 g/mol. The summed E-state index contributed by atoms with van der Waals surface area (Å²) < 4.78 is 0. The zero-order chi connectivity index (χ0) is 7.90. The molecule has 0 aromatic heterocycles. The fourth-order valence-corrected chi connectivity index (χ4v) is 1.43. The minimum absolute atomic E-state index is 0.136. The molecule has 0 fully saturated rings. The van der Waals surface area contributed by atoms with E-state index in [9.17, 15) is 0 Å². The van der Waals surface area contributed by atoms with E-state index >= 15 is 0 Å². The summed E-state index contributed by atoms with van der Waals surface area (Å²) in [5.41, 5.74) is 2.59. The van der Waals surface area contributed by atoms with E-state index in [1.54, 1.807) is 0 Å². The number of hydrogen-bond donors (Lipinski definition) is 0. The van der Waals surface area contributed by atoms with Gasteiger partial charge in [0.25, 0.3) is 0 Å². The molecule has 56 valence electrons. The summed E-state index contributed by atoms with van der Waals surface area (Å²) in [6.45, 7) is 4.37. The number of hydrogen-bond acceptors (Lipinski definition) is 1. The number of fused-ring (bicyclic) bond motifs is 1. The van der Waals surface area contributed by atoms with Gasteiger partial charge >= 0.3 is 0 Å². The molecule has 1 aromatic carbocycles. The van der Waals surface area contributed by atoms with Crippen LogP contribution in [0.4, 0.5) is 5.69 Å². The molecule has 0 aliphatic carbocycles. The van der Waals surface area contributed by atoms with Crippen LogP contribution in [0.25, 0.3) is 0 Å². The maximum atomic E-state index is 4.33. The number of benzene rings is 1. The predicted octanol–water partition coefficient (Wildman–Crippen LogP) is 2.68. The van der Waals surface area contributed by atoms with Gasteiger partial charge in [-0.25, -0.2) is 0 Å². The third-order valence-corrected chi connectivity index (χ3v) is 2.12. The molecule has 1 heteroatoms. The van der Waals surface area contributed by atoms with E-state index in [0.717, 1.165) is 5.69 Å². The minimum atomic E-state index is 0.136. The highest BCUT2D eigenvalue weighted by Crippen LogP contribution is 2.35. The highest BCUT2D eigenvalue weighted by Gasteiger charge is 2.25. The summed E-state index contributed by atoms with van der Waals surface area (Å²) in [7, 11) is 0. The zero-order valence-electron chi connectivity index (χ0n) is 6.83. The highest BCUT2D eigenvalue weighted by molar-refractivity contribution is 5.84. The lowest BCUT2D eigenvalue weighted by Gasteiger charge is -2.14. The standard InChI is InChI=1S/C10H11N/c1-10(2)7-11-9-6-4-3-5-8(9)10/h3-7H,1-2H3. The van der Waals surface area contributed by atoms with Crippen LogP contribution in [0.1, 0.15) is 19.4 Å². The smallest absolute Gasteiger partial charge is 0.0667 e. The molecule has 0 saturated carbocycles. The SMILES string of the molecule is CC1(C)C=Nc2ccccc21. The van der Waals surface area contributed by atoms with Crippen molar-refractivity contribution in [3.63, 3.8) is 0 Å². The molecular weight excluding hydrogens is 134 g/mol. The van der Waals surface area contributed by atoms with Gasteiger partial charge < -0.3 is 0 Å². The van der Waals surface area contributed by atoms with Gasteiger partial charge in [-0.3, -0.25) is 4.99 Å². The van der Waals surface area contributed by atoms with Crippen molar-refractivity contribution in [2.24, 2.45) is 4.99 Å². The van der Waals surface area contributed by atoms with Gasteiger partial charge in [-0.05, 0) is 11.6 Å². The number of nitrogens with zero attached hydrogens (tertiary/aromatic N) is 1. The molecule has 0 radical (unpaired) electrons. The van der Waals surface area contributed by atoms with Gasteiger partial charge in [0, 0.05) is 11.6 Å². The largest absolute Gasteiger partial charge is 0.260 e. The van der Waals surface area contributed by atoms with Gasteiger partial charge in [-0.2, -0.15) is 0 Å². The first-order valence-electron chi connectivity index (χ1n) is 3.85. The first-order chi connectivity index (χ1) is 5.20. The third kappa shape index (κ3) is 0.881. The van der Waals surface area contributed by atoms with E-state index in [4.69, 9.17) is 0 Å². The van der Waals surface area contributed by atoms with Crippen molar-refractivity contribution in [3.8, 4) is 0 Å². The fraction of sp³-hybridized carbons (Fsp3) is 0.300. The summed E-state index contributed by atoms with van der Waals surface area (Å²) in [6, 6.07) is 8.29. The maximum absolute atomic E-state index is 4.33. The molecule has 2 rings (SSSR count). The first-order valence-corrected chi connectivity index (χ1v) is 3.85. The summed E-state index contributed by atoms with van der Waals surface area (Å²) >= 11 is 0. The van der Waals surface area contributed by atoms with Gasteiger partial charge in [-0.1, -0.05) is 32.0 Å². The third-order valence-electron chi connectivity index (χ3n) is 2.12. The molecule has 0 atom stereocenters. The van der Waals surface area contributed by atoms with Crippen LogP contribution in [0.15, 0.2) is 29.3 Å². The van der Waals surface area contributed by atoms with E-state index in [1.807, 2.05) is 12.3 Å². The lowest BCUT2D eigenvalue weighted by molar-refractivity contribution is 0.753. The van der Waals surface area contributed by atoms with E-state index in [-0.39, 0.29) is 5.41 Å². The van der Waals surface area contributed by atoms with E-state index in [1.165, 1.54) is 5.56 Å². The monoisotopic (exact) mass is 145 g/mol. The first kappa shape index (κ1) is 6.59. The Morgan fingerprint density at radius 1 is 1.18 bits per heavy atom. The topological polar surface area (TPSA) is 12.4 Å². The quantitative estimate of drug-likeness (QED) is 0.532. The molecule has 11 heavy (non-hydrogen) atoms. The Labute approximate surface area is 66.8 Å². The fourth-order valence-electron chi connectivity index (χ4n) is 1.43. The molecule has 1 aliphatic heterocycles. The second-order valence-electron chi connectivity index (χ2n) is 3.50. The van der Waals surface area contributed by atoms with Gasteiger partial charge in [0.05, 0.1) is 5.69 Å². The van der Waals surface area contributed by atoms with Gasteiger partial charge in [-0.15, -0.1) is 0 Å². The summed E-state index contributed by atoms with van der Waals surface area (Å²) in [5, 5.41) is 0. The summed E-state index contributed by atoms with van der Waals surface area (Å²) in [5.74, 6) is 0. The molecular formula is C10H11N. The van der Waals surface area contributed by atoms with E-state index < -0.39 is 0 Å². The van der Waals surface area contributed by atoms with E-state index in [0.29, 0.717) is 0 Å². The lowest BCUT2D eigenvalue weighted by atomic mass is 9.87. The molecule has 0 spiro atoms. The highest BCUT2D eigenvalue weighted by atomic mass is 14.8. The molecule has 1 nitrogen and oxygen atoms in total. The van der Waals surface area contributed by atoms with Crippen LogP contribution in [0.2, 0.25) is 0 Å². The second-order valence-corrected chi connectivity index (χ2v) is 3.50. The summed E-state index contributed by atoms with van der Waals surface area (Å²) in [4.78, 5) is 4.33. The Hall–Kier alpha value is -1.11. The second kappa shape index (κ2) is 1.94. The molecule has 1 aliphatic rings. The lowest BCUT2D eigenvalue weighted by Crippen LogP contribution is -2.14. The Bertz CT molecular complexity index is 310. The number of aliphatic imine (C=N–C) groups is 1. The van der Waals surface area contributed by atoms with Crippen molar-refractivity contribution < 1.29 is 0 Å². The van der Waals surface area contributed by atoms with Crippen LogP contribution in [0.3, 0.4) is 0 Å². The normalized spacial score (nSPS) is 18.4. The van der Waals surface area contributed by atoms with Crippen molar-refractivity contribution in [2.75, 3.05) is 0 Å². The number of para-hydroxylation sites is 1. The molecule has 1 aromatic rings. The predicted molar refractivity (Wildman–Crippen MR) is 47.6 cm³/mol. The van der Waals surface area contributed by atoms with Crippen LogP contribution in [-0.4, -0.2) is 6.21 Å². The van der Waals surface area contributed by atoms with Crippen LogP contribution in [0, 0.1) is 0 Å². The molecule has 0 unspecified atom stereocenters. The Morgan fingerprint density at radius 2 is 1.91 bits per heavy atom. The van der Waals surface area contributed by atoms with Crippen molar-refractivity contribution in [3.05, 3.63) is 29.8 Å². The van der Waals surface area contributed by atoms with Crippen molar-refractivity contribution in [2.45, 2.75) is 19.3 Å². The molecule has 1 heterocycles. The number of rotatable bonds is 0. The van der Waals surface area contributed by atoms with Gasteiger partial charge in [0.1, 0.15) is 0 Å². The average Bonchev–Trinajstić information content (AvgIpc) is 2.29. The van der Waals surface area contributed by atoms with Crippen molar-refractivity contribution >= 4 is 11.9 Å². The molecule has 0 bridgehead atoms. The van der Waals surface area contributed by atoms with E-state index in [2.05, 4.69) is 37.0 Å². The summed E-state index contributed by atoms with van der Waals surface area (Å²) in [6.07, 6.45) is 2.01. The Morgan fingerprint density at radius 3 is 2.64 bits per heavy atom. The van der Waals surface area contributed by atoms with Crippen LogP contribution < -0.4 is 0 Å². The molecule has 0 amide bonds. The van der Waals surface area contributed by atoms with Crippen LogP contribution in [0.5, 0.6) is 0 Å². The molecule has 0 N–H and O–H groups in total. The molecule has 0 saturated heterocycles. The van der Waals surface area contributed by atoms with Crippen LogP contribution >= 0.6 is 0 Å². The minimum Gasteiger partial charge on any atom is -0.260 e. The van der Waals surface area contributed by atoms with Gasteiger partial charge in [0.15, 0.2) is 0 Å². The van der Waals surface area contributed by atoms with Gasteiger partial charge in [0.2, 0.25) is 0 Å². The Balaban J connectivity index is 2.64. The maximum Gasteiger partial charge on any atom is 0.0667 e. The Kier molecular flexibility index (Phi) is 1.16. The zero-order valence-corrected chi connectivity index (χ0v) is 6.83. The van der Waals surface area contributed by atoms with Crippen molar-refractivity contribution in [1.29, 1.82) is 0 Å².